The summed E-state index contributed by atoms with van der Waals surface area (Å²) in [6.45, 7) is 6.10. The zero-order valence-electron chi connectivity index (χ0n) is 15.9. The summed E-state index contributed by atoms with van der Waals surface area (Å²) in [6, 6.07) is 21.5. The van der Waals surface area contributed by atoms with Crippen molar-refractivity contribution in [1.82, 2.24) is 5.32 Å². The van der Waals surface area contributed by atoms with Gasteiger partial charge in [-0.15, -0.1) is 0 Å². The van der Waals surface area contributed by atoms with E-state index < -0.39 is 6.10 Å². The van der Waals surface area contributed by atoms with Crippen molar-refractivity contribution in [3.63, 3.8) is 0 Å². The Bertz CT molecular complexity index is 900. The lowest BCUT2D eigenvalue weighted by molar-refractivity contribution is -0.128. The van der Waals surface area contributed by atoms with Crippen LogP contribution in [0.4, 0.5) is 0 Å². The Labute approximate surface area is 160 Å². The normalized spacial score (nSPS) is 13.0. The van der Waals surface area contributed by atoms with E-state index in [2.05, 4.69) is 5.32 Å². The van der Waals surface area contributed by atoms with Crippen molar-refractivity contribution in [2.24, 2.45) is 0 Å². The molecule has 0 radical (unpaired) electrons. The third-order valence-corrected chi connectivity index (χ3v) is 4.33. The van der Waals surface area contributed by atoms with Gasteiger partial charge in [0, 0.05) is 5.39 Å². The highest BCUT2D eigenvalue weighted by molar-refractivity contribution is 5.89. The van der Waals surface area contributed by atoms with Crippen LogP contribution in [0.3, 0.4) is 0 Å². The molecule has 0 aromatic heterocycles. The fourth-order valence-electron chi connectivity index (χ4n) is 2.80. The Kier molecular flexibility index (Phi) is 5.97. The largest absolute Gasteiger partial charge is 0.491 e. The summed E-state index contributed by atoms with van der Waals surface area (Å²) in [5, 5.41) is 5.02. The van der Waals surface area contributed by atoms with Crippen molar-refractivity contribution < 1.29 is 14.3 Å². The van der Waals surface area contributed by atoms with Gasteiger partial charge in [-0.3, -0.25) is 4.79 Å². The number of carbonyl (C=O) groups is 1. The summed E-state index contributed by atoms with van der Waals surface area (Å²) in [5.74, 6) is 1.34. The third kappa shape index (κ3) is 5.00. The molecule has 0 aliphatic rings. The van der Waals surface area contributed by atoms with Crippen molar-refractivity contribution in [2.75, 3.05) is 6.61 Å². The third-order valence-electron chi connectivity index (χ3n) is 4.33. The molecule has 1 N–H and O–H groups in total. The molecule has 0 bridgehead atoms. The van der Waals surface area contributed by atoms with Crippen LogP contribution in [0, 0.1) is 6.92 Å². The minimum atomic E-state index is -0.599. The summed E-state index contributed by atoms with van der Waals surface area (Å²) in [5.41, 5.74) is 1.18. The van der Waals surface area contributed by atoms with Crippen LogP contribution in [0.15, 0.2) is 66.7 Å². The second-order valence-electron chi connectivity index (χ2n) is 6.77. The molecule has 3 rings (SSSR count). The second kappa shape index (κ2) is 8.58. The zero-order valence-corrected chi connectivity index (χ0v) is 15.9. The minimum absolute atomic E-state index is 0.127. The predicted octanol–water partition coefficient (Wildman–Crippen LogP) is 4.50. The summed E-state index contributed by atoms with van der Waals surface area (Å²) in [7, 11) is 0. The first-order valence-electron chi connectivity index (χ1n) is 9.17. The minimum Gasteiger partial charge on any atom is -0.491 e. The highest BCUT2D eigenvalue weighted by Crippen LogP contribution is 2.26. The number of benzene rings is 3. The van der Waals surface area contributed by atoms with Crippen LogP contribution in [-0.4, -0.2) is 24.7 Å². The van der Waals surface area contributed by atoms with E-state index in [0.29, 0.717) is 12.4 Å². The summed E-state index contributed by atoms with van der Waals surface area (Å²) in [4.78, 5) is 12.5. The van der Waals surface area contributed by atoms with Gasteiger partial charge in [-0.2, -0.15) is 0 Å². The standard InChI is InChI=1S/C23H25NO3/c1-16-11-13-20(14-12-16)26-15-17(2)24-23(25)18(3)27-22-10-6-8-19-7-4-5-9-21(19)22/h4-14,17-18H,15H2,1-3H3,(H,24,25). The van der Waals surface area contributed by atoms with E-state index in [0.717, 1.165) is 16.5 Å². The van der Waals surface area contributed by atoms with Gasteiger partial charge in [0.05, 0.1) is 6.04 Å². The van der Waals surface area contributed by atoms with Gasteiger partial charge in [0.25, 0.3) is 5.91 Å². The number of aryl methyl sites for hydroxylation is 1. The topological polar surface area (TPSA) is 47.6 Å². The van der Waals surface area contributed by atoms with E-state index >= 15 is 0 Å². The lowest BCUT2D eigenvalue weighted by atomic mass is 10.1. The maximum absolute atomic E-state index is 12.5. The van der Waals surface area contributed by atoms with Crippen LogP contribution in [0.1, 0.15) is 19.4 Å². The van der Waals surface area contributed by atoms with E-state index in [1.54, 1.807) is 6.92 Å². The molecular weight excluding hydrogens is 338 g/mol. The number of fused-ring (bicyclic) bond motifs is 1. The van der Waals surface area contributed by atoms with Crippen LogP contribution < -0.4 is 14.8 Å². The molecule has 3 aromatic carbocycles. The summed E-state index contributed by atoms with van der Waals surface area (Å²) >= 11 is 0. The van der Waals surface area contributed by atoms with Crippen LogP contribution in [0.2, 0.25) is 0 Å². The maximum Gasteiger partial charge on any atom is 0.261 e. The molecule has 4 nitrogen and oxygen atoms in total. The molecule has 0 aliphatic carbocycles. The number of nitrogens with one attached hydrogen (secondary N) is 1. The quantitative estimate of drug-likeness (QED) is 0.672. The van der Waals surface area contributed by atoms with Crippen molar-refractivity contribution in [1.29, 1.82) is 0 Å². The van der Waals surface area contributed by atoms with Crippen LogP contribution >= 0.6 is 0 Å². The Morgan fingerprint density at radius 3 is 2.44 bits per heavy atom. The lowest BCUT2D eigenvalue weighted by Crippen LogP contribution is -2.43. The van der Waals surface area contributed by atoms with Gasteiger partial charge in [0.15, 0.2) is 6.10 Å². The summed E-state index contributed by atoms with van der Waals surface area (Å²) < 4.78 is 11.6. The fraction of sp³-hybridized carbons (Fsp3) is 0.261. The molecule has 1 amide bonds. The SMILES string of the molecule is Cc1ccc(OCC(C)NC(=O)C(C)Oc2cccc3ccccc23)cc1. The van der Waals surface area contributed by atoms with Crippen LogP contribution in [0.25, 0.3) is 10.8 Å². The van der Waals surface area contributed by atoms with E-state index in [1.165, 1.54) is 5.56 Å². The Morgan fingerprint density at radius 1 is 0.963 bits per heavy atom. The lowest BCUT2D eigenvalue weighted by Gasteiger charge is -2.20. The predicted molar refractivity (Wildman–Crippen MR) is 108 cm³/mol. The molecule has 0 saturated carbocycles. The maximum atomic E-state index is 12.5. The highest BCUT2D eigenvalue weighted by Gasteiger charge is 2.18. The molecule has 4 heteroatoms. The zero-order chi connectivity index (χ0) is 19.2. The highest BCUT2D eigenvalue weighted by atomic mass is 16.5. The van der Waals surface area contributed by atoms with Gasteiger partial charge in [0.1, 0.15) is 18.1 Å². The van der Waals surface area contributed by atoms with Gasteiger partial charge in [-0.05, 0) is 44.4 Å². The van der Waals surface area contributed by atoms with Crippen molar-refractivity contribution in [3.05, 3.63) is 72.3 Å². The van der Waals surface area contributed by atoms with Crippen molar-refractivity contribution in [3.8, 4) is 11.5 Å². The first-order chi connectivity index (χ1) is 13.0. The Balaban J connectivity index is 1.54. The van der Waals surface area contributed by atoms with Gasteiger partial charge in [0.2, 0.25) is 0 Å². The van der Waals surface area contributed by atoms with Gasteiger partial charge < -0.3 is 14.8 Å². The number of ether oxygens (including phenoxy) is 2. The van der Waals surface area contributed by atoms with Gasteiger partial charge in [-0.25, -0.2) is 0 Å². The summed E-state index contributed by atoms with van der Waals surface area (Å²) in [6.07, 6.45) is -0.599. The number of hydrogen-bond acceptors (Lipinski definition) is 3. The molecule has 3 aromatic rings. The smallest absolute Gasteiger partial charge is 0.261 e. The van der Waals surface area contributed by atoms with Crippen molar-refractivity contribution >= 4 is 16.7 Å². The van der Waals surface area contributed by atoms with E-state index in [9.17, 15) is 4.79 Å². The molecule has 140 valence electrons. The Hall–Kier alpha value is -3.01. The molecule has 0 saturated heterocycles. The van der Waals surface area contributed by atoms with E-state index in [1.807, 2.05) is 80.6 Å². The molecule has 0 spiro atoms. The molecule has 0 aliphatic heterocycles. The fourth-order valence-corrected chi connectivity index (χ4v) is 2.80. The molecule has 2 atom stereocenters. The molecule has 0 heterocycles. The average molecular weight is 363 g/mol. The first kappa shape index (κ1) is 18.8. The second-order valence-corrected chi connectivity index (χ2v) is 6.77. The molecule has 2 unspecified atom stereocenters. The van der Waals surface area contributed by atoms with E-state index in [-0.39, 0.29) is 11.9 Å². The van der Waals surface area contributed by atoms with Crippen LogP contribution in [0.5, 0.6) is 11.5 Å². The van der Waals surface area contributed by atoms with Gasteiger partial charge in [-0.1, -0.05) is 54.1 Å². The van der Waals surface area contributed by atoms with E-state index in [4.69, 9.17) is 9.47 Å². The number of hydrogen-bond donors (Lipinski definition) is 1. The molecular formula is C23H25NO3. The van der Waals surface area contributed by atoms with Crippen molar-refractivity contribution in [2.45, 2.75) is 32.9 Å². The van der Waals surface area contributed by atoms with Gasteiger partial charge >= 0.3 is 0 Å². The molecule has 0 fully saturated rings. The molecule has 27 heavy (non-hydrogen) atoms. The number of carbonyl (C=O) groups excluding carboxylic acids is 1. The van der Waals surface area contributed by atoms with Crippen LogP contribution in [-0.2, 0) is 4.79 Å². The first-order valence-corrected chi connectivity index (χ1v) is 9.17. The monoisotopic (exact) mass is 363 g/mol. The number of amides is 1. The Morgan fingerprint density at radius 2 is 1.67 bits per heavy atom. The number of rotatable bonds is 7. The average Bonchev–Trinajstić information content (AvgIpc) is 2.68.